The predicted molar refractivity (Wildman–Crippen MR) is 110 cm³/mol. The van der Waals surface area contributed by atoms with Gasteiger partial charge in [0.15, 0.2) is 5.82 Å². The third kappa shape index (κ3) is 3.25. The van der Waals surface area contributed by atoms with Gasteiger partial charge in [0.25, 0.3) is 5.91 Å². The molecule has 1 amide bonds. The second-order valence-corrected chi connectivity index (χ2v) is 8.40. The van der Waals surface area contributed by atoms with Crippen LogP contribution in [-0.4, -0.2) is 50.7 Å². The van der Waals surface area contributed by atoms with Crippen molar-refractivity contribution in [1.82, 2.24) is 25.0 Å². The minimum Gasteiger partial charge on any atom is -0.345 e. The lowest BCUT2D eigenvalue weighted by Crippen LogP contribution is -2.47. The summed E-state index contributed by atoms with van der Waals surface area (Å²) < 4.78 is 1.77. The summed E-state index contributed by atoms with van der Waals surface area (Å²) in [4.78, 5) is 21.1. The number of aromatic nitrogens is 3. The number of fused-ring (bicyclic) bond motifs is 1. The quantitative estimate of drug-likeness (QED) is 0.738. The highest BCUT2D eigenvalue weighted by atomic mass is 32.1. The number of nitrogens with one attached hydrogen (secondary N) is 1. The Hall–Kier alpha value is -2.51. The molecule has 2 aliphatic heterocycles. The van der Waals surface area contributed by atoms with Crippen LogP contribution in [-0.2, 0) is 0 Å². The minimum atomic E-state index is -0.176. The molecule has 0 spiro atoms. The summed E-state index contributed by atoms with van der Waals surface area (Å²) in [5.41, 5.74) is 0.900. The van der Waals surface area contributed by atoms with E-state index in [9.17, 15) is 4.79 Å². The Morgan fingerprint density at radius 2 is 1.96 bits per heavy atom. The Labute approximate surface area is 168 Å². The van der Waals surface area contributed by atoms with Gasteiger partial charge in [-0.15, -0.1) is 16.4 Å². The van der Waals surface area contributed by atoms with Gasteiger partial charge in [-0.2, -0.15) is 0 Å². The fraction of sp³-hybridized carbons (Fsp3) is 0.381. The number of para-hydroxylation sites is 1. The molecule has 7 heteroatoms. The normalized spacial score (nSPS) is 22.1. The first kappa shape index (κ1) is 17.6. The number of benzene rings is 1. The third-order valence-corrected chi connectivity index (χ3v) is 6.59. The minimum absolute atomic E-state index is 0.176. The molecule has 144 valence electrons. The number of piperidine rings is 1. The lowest BCUT2D eigenvalue weighted by molar-refractivity contribution is 0.0905. The summed E-state index contributed by atoms with van der Waals surface area (Å²) in [5.74, 6) is 0.767. The smallest absolute Gasteiger partial charge is 0.291 e. The van der Waals surface area contributed by atoms with Crippen molar-refractivity contribution in [3.05, 3.63) is 53.7 Å². The lowest BCUT2D eigenvalue weighted by Gasteiger charge is -2.32. The molecule has 5 rings (SSSR count). The maximum absolute atomic E-state index is 13.0. The van der Waals surface area contributed by atoms with Crippen molar-refractivity contribution in [3.63, 3.8) is 0 Å². The van der Waals surface area contributed by atoms with Gasteiger partial charge in [0.1, 0.15) is 0 Å². The van der Waals surface area contributed by atoms with E-state index in [4.69, 9.17) is 0 Å². The van der Waals surface area contributed by atoms with Crippen LogP contribution in [0, 0.1) is 0 Å². The van der Waals surface area contributed by atoms with E-state index < -0.39 is 0 Å². The molecule has 6 nitrogen and oxygen atoms in total. The highest BCUT2D eigenvalue weighted by Crippen LogP contribution is 2.28. The van der Waals surface area contributed by atoms with Crippen molar-refractivity contribution in [2.24, 2.45) is 0 Å². The summed E-state index contributed by atoms with van der Waals surface area (Å²) in [5, 5.41) is 9.79. The Bertz CT molecular complexity index is 953. The summed E-state index contributed by atoms with van der Waals surface area (Å²) in [6.45, 7) is 2.22. The van der Waals surface area contributed by atoms with Crippen LogP contribution in [0.4, 0.5) is 0 Å². The van der Waals surface area contributed by atoms with Gasteiger partial charge in [0.05, 0.1) is 10.6 Å². The van der Waals surface area contributed by atoms with E-state index in [1.165, 1.54) is 12.8 Å². The van der Waals surface area contributed by atoms with Gasteiger partial charge < -0.3 is 5.32 Å². The molecule has 4 heterocycles. The lowest BCUT2D eigenvalue weighted by atomic mass is 9.99. The molecule has 0 aliphatic carbocycles. The maximum atomic E-state index is 13.0. The third-order valence-electron chi connectivity index (χ3n) is 5.73. The van der Waals surface area contributed by atoms with Gasteiger partial charge >= 0.3 is 0 Å². The summed E-state index contributed by atoms with van der Waals surface area (Å²) in [6.07, 6.45) is 4.69. The van der Waals surface area contributed by atoms with Gasteiger partial charge in [0, 0.05) is 18.6 Å². The fourth-order valence-corrected chi connectivity index (χ4v) is 5.07. The molecule has 2 unspecified atom stereocenters. The summed E-state index contributed by atoms with van der Waals surface area (Å²) in [7, 11) is 0. The fourth-order valence-electron chi connectivity index (χ4n) is 4.37. The van der Waals surface area contributed by atoms with Crippen molar-refractivity contribution in [2.75, 3.05) is 13.1 Å². The van der Waals surface area contributed by atoms with E-state index in [1.807, 2.05) is 47.8 Å². The summed E-state index contributed by atoms with van der Waals surface area (Å²) in [6, 6.07) is 14.5. The molecule has 2 fully saturated rings. The van der Waals surface area contributed by atoms with Crippen LogP contribution < -0.4 is 5.32 Å². The molecule has 0 saturated carbocycles. The van der Waals surface area contributed by atoms with E-state index in [2.05, 4.69) is 20.3 Å². The predicted octanol–water partition coefficient (Wildman–Crippen LogP) is 3.35. The zero-order chi connectivity index (χ0) is 18.9. The molecule has 2 aliphatic rings. The monoisotopic (exact) mass is 393 g/mol. The molecular formula is C21H23N5OS. The van der Waals surface area contributed by atoms with Crippen molar-refractivity contribution in [1.29, 1.82) is 0 Å². The summed E-state index contributed by atoms with van der Waals surface area (Å²) >= 11 is 1.60. The zero-order valence-corrected chi connectivity index (χ0v) is 16.4. The van der Waals surface area contributed by atoms with Crippen LogP contribution in [0.5, 0.6) is 0 Å². The molecule has 2 saturated heterocycles. The SMILES string of the molecule is O=C(NC1CCN2CCCCC12)c1nc(-c2cccs2)n(-c2ccccc2)n1. The highest BCUT2D eigenvalue weighted by Gasteiger charge is 2.37. The van der Waals surface area contributed by atoms with Crippen LogP contribution in [0.15, 0.2) is 47.8 Å². The molecule has 1 aromatic carbocycles. The number of thiophene rings is 1. The number of carbonyl (C=O) groups excluding carboxylic acids is 1. The first-order valence-electron chi connectivity index (χ1n) is 9.91. The van der Waals surface area contributed by atoms with Crippen LogP contribution >= 0.6 is 11.3 Å². The van der Waals surface area contributed by atoms with Crippen LogP contribution in [0.25, 0.3) is 16.4 Å². The van der Waals surface area contributed by atoms with Gasteiger partial charge in [0.2, 0.25) is 5.82 Å². The zero-order valence-electron chi connectivity index (χ0n) is 15.6. The molecule has 1 N–H and O–H groups in total. The first-order chi connectivity index (χ1) is 13.8. The Balaban J connectivity index is 1.43. The van der Waals surface area contributed by atoms with E-state index in [-0.39, 0.29) is 17.8 Å². The number of nitrogens with zero attached hydrogens (tertiary/aromatic N) is 4. The van der Waals surface area contributed by atoms with Crippen LogP contribution in [0.3, 0.4) is 0 Å². The average Bonchev–Trinajstić information content (AvgIpc) is 3.48. The Morgan fingerprint density at radius 3 is 2.79 bits per heavy atom. The molecule has 2 aromatic heterocycles. The number of rotatable bonds is 4. The number of hydrogen-bond acceptors (Lipinski definition) is 5. The second kappa shape index (κ2) is 7.48. The molecule has 0 radical (unpaired) electrons. The second-order valence-electron chi connectivity index (χ2n) is 7.45. The van der Waals surface area contributed by atoms with Gasteiger partial charge in [-0.05, 0) is 49.4 Å². The van der Waals surface area contributed by atoms with E-state index >= 15 is 0 Å². The number of hydrogen-bond donors (Lipinski definition) is 1. The van der Waals surface area contributed by atoms with E-state index in [0.717, 1.165) is 36.5 Å². The van der Waals surface area contributed by atoms with Crippen LogP contribution in [0.1, 0.15) is 36.3 Å². The van der Waals surface area contributed by atoms with Gasteiger partial charge in [-0.1, -0.05) is 30.7 Å². The first-order valence-corrected chi connectivity index (χ1v) is 10.8. The van der Waals surface area contributed by atoms with Gasteiger partial charge in [-0.25, -0.2) is 9.67 Å². The standard InChI is InChI=1S/C21H23N5OS/c27-21(22-16-11-13-25-12-5-4-9-17(16)25)19-23-20(18-10-6-14-28-18)26(24-19)15-7-2-1-3-8-15/h1-3,6-8,10,14,16-17H,4-5,9,11-13H2,(H,22,27). The molecule has 2 atom stereocenters. The van der Waals surface area contributed by atoms with Crippen molar-refractivity contribution < 1.29 is 4.79 Å². The van der Waals surface area contributed by atoms with Crippen LogP contribution in [0.2, 0.25) is 0 Å². The Kier molecular flexibility index (Phi) is 4.70. The van der Waals surface area contributed by atoms with E-state index in [0.29, 0.717) is 11.9 Å². The molecular weight excluding hydrogens is 370 g/mol. The molecule has 28 heavy (non-hydrogen) atoms. The largest absolute Gasteiger partial charge is 0.345 e. The average molecular weight is 394 g/mol. The van der Waals surface area contributed by atoms with Crippen molar-refractivity contribution in [2.45, 2.75) is 37.8 Å². The van der Waals surface area contributed by atoms with Crippen molar-refractivity contribution >= 4 is 17.2 Å². The van der Waals surface area contributed by atoms with Crippen molar-refractivity contribution in [3.8, 4) is 16.4 Å². The van der Waals surface area contributed by atoms with E-state index in [1.54, 1.807) is 16.0 Å². The van der Waals surface area contributed by atoms with Gasteiger partial charge in [-0.3, -0.25) is 9.69 Å². The Morgan fingerprint density at radius 1 is 1.07 bits per heavy atom. The number of amides is 1. The highest BCUT2D eigenvalue weighted by molar-refractivity contribution is 7.13. The maximum Gasteiger partial charge on any atom is 0.291 e. The topological polar surface area (TPSA) is 63.1 Å². The molecule has 3 aromatic rings. The molecule has 0 bridgehead atoms. The number of carbonyl (C=O) groups is 1.